The van der Waals surface area contributed by atoms with E-state index in [1.54, 1.807) is 0 Å². The van der Waals surface area contributed by atoms with E-state index in [-0.39, 0.29) is 0 Å². The van der Waals surface area contributed by atoms with Crippen molar-refractivity contribution in [3.8, 4) is 5.75 Å². The first-order valence-corrected chi connectivity index (χ1v) is 6.68. The average molecular weight is 305 g/mol. The summed E-state index contributed by atoms with van der Waals surface area (Å²) in [6.45, 7) is 1.79. The Bertz CT molecular complexity index is 566. The summed E-state index contributed by atoms with van der Waals surface area (Å²) < 4.78 is 12.7. The van der Waals surface area contributed by atoms with Gasteiger partial charge in [0.2, 0.25) is 0 Å². The van der Waals surface area contributed by atoms with E-state index < -0.39 is 0 Å². The van der Waals surface area contributed by atoms with E-state index in [0.717, 1.165) is 15.8 Å². The summed E-state index contributed by atoms with van der Waals surface area (Å²) in [5, 5.41) is 0. The lowest BCUT2D eigenvalue weighted by Gasteiger charge is -2.10. The lowest BCUT2D eigenvalue weighted by molar-refractivity contribution is 0.106. The highest BCUT2D eigenvalue weighted by molar-refractivity contribution is 9.10. The molecule has 2 aromatic carbocycles. The van der Waals surface area contributed by atoms with E-state index in [1.807, 2.05) is 30.3 Å². The molecule has 0 aliphatic carbocycles. The zero-order valence-corrected chi connectivity index (χ0v) is 11.4. The van der Waals surface area contributed by atoms with Crippen LogP contribution in [0.2, 0.25) is 0 Å². The largest absolute Gasteiger partial charge is 0.489 e. The summed E-state index contributed by atoms with van der Waals surface area (Å²) in [6.07, 6.45) is 0. The number of halogens is 1. The van der Waals surface area contributed by atoms with Gasteiger partial charge in [-0.25, -0.2) is 0 Å². The van der Waals surface area contributed by atoms with E-state index in [0.29, 0.717) is 19.8 Å². The molecule has 0 amide bonds. The van der Waals surface area contributed by atoms with Crippen molar-refractivity contribution in [1.29, 1.82) is 0 Å². The van der Waals surface area contributed by atoms with E-state index in [4.69, 9.17) is 9.47 Å². The molecule has 1 aliphatic heterocycles. The second kappa shape index (κ2) is 5.12. The highest BCUT2D eigenvalue weighted by Gasteiger charge is 2.10. The summed E-state index contributed by atoms with van der Waals surface area (Å²) in [4.78, 5) is 0. The molecule has 0 atom stereocenters. The Morgan fingerprint density at radius 1 is 0.833 bits per heavy atom. The topological polar surface area (TPSA) is 18.5 Å². The van der Waals surface area contributed by atoms with Gasteiger partial charge in [0, 0.05) is 10.0 Å². The van der Waals surface area contributed by atoms with E-state index in [2.05, 4.69) is 28.1 Å². The first-order chi connectivity index (χ1) is 8.83. The maximum Gasteiger partial charge on any atom is 0.125 e. The van der Waals surface area contributed by atoms with Crippen LogP contribution in [-0.2, 0) is 24.6 Å². The molecule has 3 heteroatoms. The molecule has 0 saturated heterocycles. The highest BCUT2D eigenvalue weighted by Crippen LogP contribution is 2.27. The molecular weight excluding hydrogens is 292 g/mol. The van der Waals surface area contributed by atoms with Gasteiger partial charge in [0.05, 0.1) is 13.2 Å². The zero-order chi connectivity index (χ0) is 12.4. The van der Waals surface area contributed by atoms with E-state index >= 15 is 0 Å². The van der Waals surface area contributed by atoms with Crippen LogP contribution in [0.3, 0.4) is 0 Å². The maximum atomic E-state index is 5.89. The first kappa shape index (κ1) is 11.8. The summed E-state index contributed by atoms with van der Waals surface area (Å²) in [5.41, 5.74) is 3.47. The third kappa shape index (κ3) is 2.42. The number of rotatable bonds is 0. The smallest absolute Gasteiger partial charge is 0.125 e. The van der Waals surface area contributed by atoms with Gasteiger partial charge in [-0.05, 0) is 29.3 Å². The van der Waals surface area contributed by atoms with Crippen LogP contribution in [0.15, 0.2) is 46.9 Å². The van der Waals surface area contributed by atoms with Crippen molar-refractivity contribution in [1.82, 2.24) is 0 Å². The Balaban J connectivity index is 1.94. The van der Waals surface area contributed by atoms with Gasteiger partial charge in [-0.15, -0.1) is 0 Å². The second-order valence-electron chi connectivity index (χ2n) is 4.30. The molecule has 3 rings (SSSR count). The minimum absolute atomic E-state index is 0.573. The number of hydrogen-bond acceptors (Lipinski definition) is 2. The molecule has 0 radical (unpaired) electrons. The molecule has 18 heavy (non-hydrogen) atoms. The molecule has 0 unspecified atom stereocenters. The van der Waals surface area contributed by atoms with Crippen molar-refractivity contribution in [2.24, 2.45) is 0 Å². The first-order valence-electron chi connectivity index (χ1n) is 5.89. The second-order valence-corrected chi connectivity index (χ2v) is 5.22. The molecule has 0 fully saturated rings. The Morgan fingerprint density at radius 3 is 2.39 bits per heavy atom. The van der Waals surface area contributed by atoms with Crippen molar-refractivity contribution in [3.63, 3.8) is 0 Å². The number of fused-ring (bicyclic) bond motifs is 2. The molecule has 2 nitrogen and oxygen atoms in total. The van der Waals surface area contributed by atoms with Crippen LogP contribution in [0.25, 0.3) is 0 Å². The van der Waals surface area contributed by atoms with E-state index in [1.165, 1.54) is 11.1 Å². The van der Waals surface area contributed by atoms with Gasteiger partial charge in [0.1, 0.15) is 12.4 Å². The molecule has 0 aromatic heterocycles. The Kier molecular flexibility index (Phi) is 3.35. The summed E-state index contributed by atoms with van der Waals surface area (Å²) in [5.74, 6) is 0.898. The van der Waals surface area contributed by atoms with E-state index in [9.17, 15) is 0 Å². The Labute approximate surface area is 115 Å². The van der Waals surface area contributed by atoms with Gasteiger partial charge in [0.25, 0.3) is 0 Å². The number of benzene rings is 2. The summed E-state index contributed by atoms with van der Waals surface area (Å²) >= 11 is 3.47. The van der Waals surface area contributed by atoms with Gasteiger partial charge < -0.3 is 9.47 Å². The fourth-order valence-electron chi connectivity index (χ4n) is 2.07. The fraction of sp³-hybridized carbons (Fsp3) is 0.200. The van der Waals surface area contributed by atoms with Gasteiger partial charge in [-0.2, -0.15) is 0 Å². The third-order valence-corrected chi connectivity index (χ3v) is 3.53. The van der Waals surface area contributed by atoms with Gasteiger partial charge in [-0.3, -0.25) is 0 Å². The van der Waals surface area contributed by atoms with Crippen LogP contribution in [-0.4, -0.2) is 0 Å². The van der Waals surface area contributed by atoms with Gasteiger partial charge in [-0.1, -0.05) is 40.2 Å². The standard InChI is InChI=1S/C15H13BrO2/c16-14-5-6-15-13(7-14)9-17-8-11-3-1-2-4-12(11)10-18-15/h1-7H,8-10H2. The van der Waals surface area contributed by atoms with Crippen molar-refractivity contribution in [2.75, 3.05) is 0 Å². The van der Waals surface area contributed by atoms with Crippen LogP contribution in [0.5, 0.6) is 5.75 Å². The Hall–Kier alpha value is -1.32. The van der Waals surface area contributed by atoms with Crippen molar-refractivity contribution < 1.29 is 9.47 Å². The monoisotopic (exact) mass is 304 g/mol. The number of ether oxygens (including phenoxy) is 2. The Morgan fingerprint density at radius 2 is 1.56 bits per heavy atom. The van der Waals surface area contributed by atoms with Crippen LogP contribution < -0.4 is 4.74 Å². The van der Waals surface area contributed by atoms with Crippen LogP contribution >= 0.6 is 15.9 Å². The van der Waals surface area contributed by atoms with Gasteiger partial charge >= 0.3 is 0 Å². The normalized spacial score (nSPS) is 14.5. The molecule has 0 saturated carbocycles. The minimum atomic E-state index is 0.573. The van der Waals surface area contributed by atoms with Crippen molar-refractivity contribution in [2.45, 2.75) is 19.8 Å². The maximum absolute atomic E-state index is 5.89. The average Bonchev–Trinajstić information content (AvgIpc) is 2.47. The highest BCUT2D eigenvalue weighted by atomic mass is 79.9. The SMILES string of the molecule is Brc1ccc2c(c1)COCc1ccccc1CO2. The van der Waals surface area contributed by atoms with Crippen molar-refractivity contribution >= 4 is 15.9 Å². The third-order valence-electron chi connectivity index (χ3n) is 3.04. The molecule has 0 bridgehead atoms. The summed E-state index contributed by atoms with van der Waals surface area (Å²) in [7, 11) is 0. The molecule has 1 heterocycles. The predicted octanol–water partition coefficient (Wildman–Crippen LogP) is 4.06. The van der Waals surface area contributed by atoms with Gasteiger partial charge in [0.15, 0.2) is 0 Å². The van der Waals surface area contributed by atoms with Crippen LogP contribution in [0.4, 0.5) is 0 Å². The number of hydrogen-bond donors (Lipinski definition) is 0. The molecule has 0 N–H and O–H groups in total. The fourth-order valence-corrected chi connectivity index (χ4v) is 2.48. The molecular formula is C15H13BrO2. The lowest BCUT2D eigenvalue weighted by Crippen LogP contribution is -1.99. The van der Waals surface area contributed by atoms with Crippen LogP contribution in [0.1, 0.15) is 16.7 Å². The molecule has 1 aliphatic rings. The molecule has 0 spiro atoms. The lowest BCUT2D eigenvalue weighted by atomic mass is 10.1. The molecule has 92 valence electrons. The summed E-state index contributed by atoms with van der Waals surface area (Å²) in [6, 6.07) is 14.3. The van der Waals surface area contributed by atoms with Crippen LogP contribution in [0, 0.1) is 0 Å². The zero-order valence-electron chi connectivity index (χ0n) is 9.86. The minimum Gasteiger partial charge on any atom is -0.489 e. The quantitative estimate of drug-likeness (QED) is 0.731. The molecule has 2 aromatic rings. The van der Waals surface area contributed by atoms with Crippen molar-refractivity contribution in [3.05, 3.63) is 63.6 Å². The predicted molar refractivity (Wildman–Crippen MR) is 73.4 cm³/mol.